The lowest BCUT2D eigenvalue weighted by Gasteiger charge is -2.30. The van der Waals surface area contributed by atoms with Gasteiger partial charge in [-0.25, -0.2) is 0 Å². The van der Waals surface area contributed by atoms with Gasteiger partial charge < -0.3 is 10.6 Å². The molecule has 0 aliphatic heterocycles. The quantitative estimate of drug-likeness (QED) is 0.287. The number of hydrogen-bond acceptors (Lipinski definition) is 6. The smallest absolute Gasteiger partial charge is 0.293 e. The van der Waals surface area contributed by atoms with Gasteiger partial charge in [-0.1, -0.05) is 50.2 Å². The van der Waals surface area contributed by atoms with Crippen molar-refractivity contribution in [1.29, 1.82) is 0 Å². The lowest BCUT2D eigenvalue weighted by atomic mass is 10.0. The largest absolute Gasteiger partial charge is 0.371 e. The number of likely N-dealkylation sites (N-methyl/N-ethyl adjacent to an activating group) is 1. The Morgan fingerprint density at radius 1 is 1.06 bits per heavy atom. The van der Waals surface area contributed by atoms with E-state index in [4.69, 9.17) is 0 Å². The maximum Gasteiger partial charge on any atom is 0.293 e. The molecule has 35 heavy (non-hydrogen) atoms. The molecule has 0 bridgehead atoms. The van der Waals surface area contributed by atoms with Gasteiger partial charge in [-0.05, 0) is 56.3 Å². The van der Waals surface area contributed by atoms with Crippen LogP contribution >= 0.6 is 0 Å². The number of aromatic nitrogens is 1. The Bertz CT molecular complexity index is 1100. The Morgan fingerprint density at radius 2 is 1.77 bits per heavy atom. The maximum absolute atomic E-state index is 12.9. The van der Waals surface area contributed by atoms with Crippen LogP contribution in [0.5, 0.6) is 0 Å². The van der Waals surface area contributed by atoms with Crippen molar-refractivity contribution in [3.63, 3.8) is 0 Å². The van der Waals surface area contributed by atoms with Crippen molar-refractivity contribution >= 4 is 17.3 Å². The van der Waals surface area contributed by atoms with Crippen LogP contribution in [0.2, 0.25) is 0 Å². The highest BCUT2D eigenvalue weighted by Gasteiger charge is 2.21. The Balaban J connectivity index is 1.72. The minimum atomic E-state index is -0.474. The van der Waals surface area contributed by atoms with E-state index in [2.05, 4.69) is 46.5 Å². The molecule has 0 aliphatic rings. The zero-order chi connectivity index (χ0) is 25.2. The highest BCUT2D eigenvalue weighted by Crippen LogP contribution is 2.29. The predicted molar refractivity (Wildman–Crippen MR) is 139 cm³/mol. The van der Waals surface area contributed by atoms with Gasteiger partial charge in [-0.3, -0.25) is 24.8 Å². The average Bonchev–Trinajstić information content (AvgIpc) is 2.88. The number of nitro groups is 1. The average molecular weight is 476 g/mol. The van der Waals surface area contributed by atoms with E-state index >= 15 is 0 Å². The van der Waals surface area contributed by atoms with Crippen LogP contribution in [0.25, 0.3) is 0 Å². The Hall–Kier alpha value is -3.78. The molecule has 3 aromatic rings. The standard InChI is InChI=1S/C27H33N5O3/c1-4-31(5-2)23(17-21-11-7-6-8-12-21)19-29-27(33)22-14-15-25(26(18-22)32(34)35)30-20(3)24-13-9-10-16-28-24/h6-16,18,20,23,30H,4-5,17,19H2,1-3H3,(H,29,33). The lowest BCUT2D eigenvalue weighted by Crippen LogP contribution is -2.45. The Kier molecular flexibility index (Phi) is 9.31. The van der Waals surface area contributed by atoms with Gasteiger partial charge in [0.1, 0.15) is 5.69 Å². The SMILES string of the molecule is CCN(CC)C(CNC(=O)c1ccc(NC(C)c2ccccn2)c([N+](=O)[O-])c1)Cc1ccccc1. The van der Waals surface area contributed by atoms with Crippen LogP contribution in [-0.2, 0) is 6.42 Å². The van der Waals surface area contributed by atoms with E-state index in [-0.39, 0.29) is 29.2 Å². The monoisotopic (exact) mass is 475 g/mol. The number of amides is 1. The second-order valence-corrected chi connectivity index (χ2v) is 8.38. The van der Waals surface area contributed by atoms with Gasteiger partial charge in [0, 0.05) is 30.4 Å². The van der Waals surface area contributed by atoms with Crippen molar-refractivity contribution in [2.45, 2.75) is 39.3 Å². The van der Waals surface area contributed by atoms with Gasteiger partial charge in [0.25, 0.3) is 11.6 Å². The lowest BCUT2D eigenvalue weighted by molar-refractivity contribution is -0.384. The van der Waals surface area contributed by atoms with E-state index in [0.29, 0.717) is 12.2 Å². The topological polar surface area (TPSA) is 100 Å². The molecule has 3 rings (SSSR count). The van der Waals surface area contributed by atoms with Crippen LogP contribution in [0.3, 0.4) is 0 Å². The third kappa shape index (κ3) is 7.10. The zero-order valence-electron chi connectivity index (χ0n) is 20.5. The summed E-state index contributed by atoms with van der Waals surface area (Å²) in [6, 6.07) is 20.1. The van der Waals surface area contributed by atoms with Crippen molar-refractivity contribution in [3.8, 4) is 0 Å². The number of nitro benzene ring substituents is 1. The normalized spacial score (nSPS) is 12.7. The van der Waals surface area contributed by atoms with Gasteiger partial charge in [-0.15, -0.1) is 0 Å². The van der Waals surface area contributed by atoms with E-state index in [0.717, 1.165) is 25.2 Å². The van der Waals surface area contributed by atoms with Crippen molar-refractivity contribution in [2.75, 3.05) is 25.0 Å². The van der Waals surface area contributed by atoms with Crippen molar-refractivity contribution in [2.24, 2.45) is 0 Å². The molecule has 1 heterocycles. The number of anilines is 1. The molecule has 2 atom stereocenters. The summed E-state index contributed by atoms with van der Waals surface area (Å²) in [6.45, 7) is 8.26. The number of pyridine rings is 1. The minimum Gasteiger partial charge on any atom is -0.371 e. The summed E-state index contributed by atoms with van der Waals surface area (Å²) in [7, 11) is 0. The first-order valence-electron chi connectivity index (χ1n) is 11.9. The summed E-state index contributed by atoms with van der Waals surface area (Å²) in [4.78, 5) is 30.8. The van der Waals surface area contributed by atoms with Gasteiger partial charge in [-0.2, -0.15) is 0 Å². The van der Waals surface area contributed by atoms with E-state index < -0.39 is 4.92 Å². The van der Waals surface area contributed by atoms with Crippen LogP contribution in [0.15, 0.2) is 72.9 Å². The fourth-order valence-electron chi connectivity index (χ4n) is 4.15. The summed E-state index contributed by atoms with van der Waals surface area (Å²) < 4.78 is 0. The van der Waals surface area contributed by atoms with Crippen LogP contribution < -0.4 is 10.6 Å². The van der Waals surface area contributed by atoms with Crippen molar-refractivity contribution in [3.05, 3.63) is 99.9 Å². The molecule has 1 aromatic heterocycles. The molecule has 2 unspecified atom stereocenters. The number of rotatable bonds is 12. The molecule has 0 radical (unpaired) electrons. The molecule has 2 N–H and O–H groups in total. The van der Waals surface area contributed by atoms with Gasteiger partial charge >= 0.3 is 0 Å². The number of benzene rings is 2. The summed E-state index contributed by atoms with van der Waals surface area (Å²) in [6.07, 6.45) is 2.48. The minimum absolute atomic E-state index is 0.117. The number of nitrogens with zero attached hydrogens (tertiary/aromatic N) is 3. The highest BCUT2D eigenvalue weighted by molar-refractivity contribution is 5.95. The first kappa shape index (κ1) is 25.8. The molecule has 8 heteroatoms. The summed E-state index contributed by atoms with van der Waals surface area (Å²) >= 11 is 0. The van der Waals surface area contributed by atoms with Gasteiger partial charge in [0.05, 0.1) is 16.7 Å². The summed E-state index contributed by atoms with van der Waals surface area (Å²) in [5.41, 5.74) is 2.42. The van der Waals surface area contributed by atoms with Crippen LogP contribution in [0, 0.1) is 10.1 Å². The number of carbonyl (C=O) groups is 1. The first-order valence-corrected chi connectivity index (χ1v) is 11.9. The molecule has 0 spiro atoms. The van der Waals surface area contributed by atoms with Crippen LogP contribution in [-0.4, -0.2) is 46.4 Å². The second-order valence-electron chi connectivity index (χ2n) is 8.38. The molecule has 0 aliphatic carbocycles. The molecule has 1 amide bonds. The van der Waals surface area contributed by atoms with E-state index in [9.17, 15) is 14.9 Å². The number of nitrogens with one attached hydrogen (secondary N) is 2. The van der Waals surface area contributed by atoms with Crippen molar-refractivity contribution < 1.29 is 9.72 Å². The Labute approximate surface area is 206 Å². The maximum atomic E-state index is 12.9. The van der Waals surface area contributed by atoms with Gasteiger partial charge in [0.2, 0.25) is 0 Å². The second kappa shape index (κ2) is 12.6. The molecule has 0 fully saturated rings. The molecule has 2 aromatic carbocycles. The number of carbonyl (C=O) groups excluding carboxylic acids is 1. The highest BCUT2D eigenvalue weighted by atomic mass is 16.6. The van der Waals surface area contributed by atoms with Gasteiger partial charge in [0.15, 0.2) is 0 Å². The Morgan fingerprint density at radius 3 is 2.40 bits per heavy atom. The molecular weight excluding hydrogens is 442 g/mol. The van der Waals surface area contributed by atoms with Crippen molar-refractivity contribution in [1.82, 2.24) is 15.2 Å². The fraction of sp³-hybridized carbons (Fsp3) is 0.333. The third-order valence-electron chi connectivity index (χ3n) is 6.10. The van der Waals surface area contributed by atoms with E-state index in [1.165, 1.54) is 11.6 Å². The molecule has 184 valence electrons. The zero-order valence-corrected chi connectivity index (χ0v) is 20.5. The molecule has 0 saturated heterocycles. The predicted octanol–water partition coefficient (Wildman–Crippen LogP) is 4.85. The molecule has 8 nitrogen and oxygen atoms in total. The van der Waals surface area contributed by atoms with E-state index in [1.54, 1.807) is 18.3 Å². The number of hydrogen-bond donors (Lipinski definition) is 2. The summed E-state index contributed by atoms with van der Waals surface area (Å²) in [5, 5.41) is 17.9. The van der Waals surface area contributed by atoms with Crippen LogP contribution in [0.1, 0.15) is 48.4 Å². The van der Waals surface area contributed by atoms with E-state index in [1.807, 2.05) is 43.3 Å². The summed E-state index contributed by atoms with van der Waals surface area (Å²) in [5.74, 6) is -0.331. The molecular formula is C27H33N5O3. The first-order chi connectivity index (χ1) is 16.9. The fourth-order valence-corrected chi connectivity index (χ4v) is 4.15. The molecule has 0 saturated carbocycles. The third-order valence-corrected chi connectivity index (χ3v) is 6.10. The van der Waals surface area contributed by atoms with Crippen LogP contribution in [0.4, 0.5) is 11.4 Å².